The van der Waals surface area contributed by atoms with E-state index in [0.29, 0.717) is 25.3 Å². The van der Waals surface area contributed by atoms with Crippen LogP contribution in [0.25, 0.3) is 0 Å². The molecular formula is C28H31N3O6S. The predicted octanol–water partition coefficient (Wildman–Crippen LogP) is 3.65. The number of amides is 2. The van der Waals surface area contributed by atoms with Gasteiger partial charge >= 0.3 is 5.97 Å². The summed E-state index contributed by atoms with van der Waals surface area (Å²) in [5.74, 6) is -1.09. The Labute approximate surface area is 222 Å². The van der Waals surface area contributed by atoms with Crippen LogP contribution in [0.2, 0.25) is 0 Å². The van der Waals surface area contributed by atoms with E-state index in [2.05, 4.69) is 24.1 Å². The lowest BCUT2D eigenvalue weighted by atomic mass is 10.1. The van der Waals surface area contributed by atoms with Gasteiger partial charge < -0.3 is 10.1 Å². The van der Waals surface area contributed by atoms with E-state index in [0.717, 1.165) is 23.7 Å². The molecule has 0 unspecified atom stereocenters. The van der Waals surface area contributed by atoms with Crippen molar-refractivity contribution in [1.29, 1.82) is 0 Å². The molecule has 0 aliphatic heterocycles. The molecule has 38 heavy (non-hydrogen) atoms. The molecule has 3 aromatic rings. The number of aromatic nitrogens is 1. The molecule has 0 saturated carbocycles. The third-order valence-electron chi connectivity index (χ3n) is 5.59. The minimum atomic E-state index is -4.13. The summed E-state index contributed by atoms with van der Waals surface area (Å²) in [7, 11) is -4.13. The lowest BCUT2D eigenvalue weighted by Gasteiger charge is -2.09. The monoisotopic (exact) mass is 537 g/mol. The van der Waals surface area contributed by atoms with Crippen molar-refractivity contribution in [2.45, 2.75) is 44.6 Å². The first-order chi connectivity index (χ1) is 18.1. The number of benzene rings is 2. The van der Waals surface area contributed by atoms with Gasteiger partial charge in [0.25, 0.3) is 15.9 Å². The number of nitrogens with zero attached hydrogens (tertiary/aromatic N) is 1. The fourth-order valence-electron chi connectivity index (χ4n) is 3.38. The van der Waals surface area contributed by atoms with Crippen molar-refractivity contribution in [3.05, 3.63) is 95.3 Å². The molecule has 1 aromatic heterocycles. The minimum absolute atomic E-state index is 0.00721. The summed E-state index contributed by atoms with van der Waals surface area (Å²) in [6, 6.07) is 17.8. The summed E-state index contributed by atoms with van der Waals surface area (Å²) in [4.78, 5) is 40.4. The highest BCUT2D eigenvalue weighted by Gasteiger charge is 2.20. The Hall–Kier alpha value is -4.05. The fourth-order valence-corrected chi connectivity index (χ4v) is 4.35. The van der Waals surface area contributed by atoms with E-state index in [9.17, 15) is 22.8 Å². The van der Waals surface area contributed by atoms with Gasteiger partial charge in [-0.25, -0.2) is 22.9 Å². The van der Waals surface area contributed by atoms with Crippen molar-refractivity contribution in [2.75, 3.05) is 6.54 Å². The van der Waals surface area contributed by atoms with Gasteiger partial charge in [-0.1, -0.05) is 56.3 Å². The number of carbonyl (C=O) groups excluding carboxylic acids is 3. The maximum atomic E-state index is 12.7. The molecule has 0 bridgehead atoms. The smallest absolute Gasteiger partial charge is 0.357 e. The van der Waals surface area contributed by atoms with Gasteiger partial charge in [-0.05, 0) is 54.2 Å². The van der Waals surface area contributed by atoms with Crippen LogP contribution in [0.4, 0.5) is 0 Å². The van der Waals surface area contributed by atoms with E-state index in [1.54, 1.807) is 12.1 Å². The molecule has 10 heteroatoms. The van der Waals surface area contributed by atoms with Crippen LogP contribution in [0.3, 0.4) is 0 Å². The van der Waals surface area contributed by atoms with Crippen LogP contribution in [0.1, 0.15) is 58.7 Å². The molecule has 2 aromatic carbocycles. The molecule has 0 spiro atoms. The Morgan fingerprint density at radius 3 is 2.26 bits per heavy atom. The average molecular weight is 538 g/mol. The Morgan fingerprint density at radius 1 is 0.921 bits per heavy atom. The van der Waals surface area contributed by atoms with Crippen molar-refractivity contribution >= 4 is 27.8 Å². The zero-order valence-corrected chi connectivity index (χ0v) is 22.2. The largest absolute Gasteiger partial charge is 0.456 e. The minimum Gasteiger partial charge on any atom is -0.456 e. The van der Waals surface area contributed by atoms with Crippen LogP contribution in [0, 0.1) is 5.92 Å². The zero-order valence-electron chi connectivity index (χ0n) is 21.3. The van der Waals surface area contributed by atoms with Crippen molar-refractivity contribution in [1.82, 2.24) is 15.0 Å². The van der Waals surface area contributed by atoms with Gasteiger partial charge in [-0.3, -0.25) is 9.59 Å². The summed E-state index contributed by atoms with van der Waals surface area (Å²) in [5.41, 5.74) is 1.63. The van der Waals surface area contributed by atoms with E-state index < -0.39 is 21.9 Å². The topological polar surface area (TPSA) is 132 Å². The van der Waals surface area contributed by atoms with Crippen LogP contribution in [0.5, 0.6) is 0 Å². The fraction of sp³-hybridized carbons (Fsp3) is 0.286. The van der Waals surface area contributed by atoms with Crippen LogP contribution >= 0.6 is 0 Å². The van der Waals surface area contributed by atoms with Crippen LogP contribution in [-0.2, 0) is 32.6 Å². The summed E-state index contributed by atoms with van der Waals surface area (Å²) < 4.78 is 32.5. The van der Waals surface area contributed by atoms with Gasteiger partial charge in [-0.15, -0.1) is 0 Å². The Kier molecular flexibility index (Phi) is 10.1. The van der Waals surface area contributed by atoms with Gasteiger partial charge in [-0.2, -0.15) is 0 Å². The molecule has 9 nitrogen and oxygen atoms in total. The highest BCUT2D eigenvalue weighted by atomic mass is 32.2. The lowest BCUT2D eigenvalue weighted by Crippen LogP contribution is -2.30. The van der Waals surface area contributed by atoms with Crippen molar-refractivity contribution < 1.29 is 27.5 Å². The second-order valence-electron chi connectivity index (χ2n) is 9.10. The molecule has 0 aliphatic rings. The van der Waals surface area contributed by atoms with E-state index in [4.69, 9.17) is 4.74 Å². The van der Waals surface area contributed by atoms with Crippen LogP contribution in [0.15, 0.2) is 77.8 Å². The molecule has 2 amide bonds. The number of ether oxygens (including phenoxy) is 1. The molecule has 3 rings (SSSR count). The third-order valence-corrected chi connectivity index (χ3v) is 6.94. The molecule has 0 radical (unpaired) electrons. The van der Waals surface area contributed by atoms with Gasteiger partial charge in [0.1, 0.15) is 12.3 Å². The van der Waals surface area contributed by atoms with Gasteiger partial charge in [0.2, 0.25) is 5.91 Å². The molecule has 0 saturated heterocycles. The summed E-state index contributed by atoms with van der Waals surface area (Å²) >= 11 is 0. The Morgan fingerprint density at radius 2 is 1.63 bits per heavy atom. The molecule has 1 heterocycles. The number of nitrogens with one attached hydrogen (secondary N) is 2. The van der Waals surface area contributed by atoms with Gasteiger partial charge in [0.05, 0.1) is 10.5 Å². The number of rotatable bonds is 12. The maximum Gasteiger partial charge on any atom is 0.357 e. The van der Waals surface area contributed by atoms with Gasteiger partial charge in [0.15, 0.2) is 0 Å². The van der Waals surface area contributed by atoms with Gasteiger partial charge in [0, 0.05) is 19.2 Å². The Bertz CT molecular complexity index is 1340. The first-order valence-corrected chi connectivity index (χ1v) is 13.7. The number of sulfonamides is 1. The van der Waals surface area contributed by atoms with E-state index >= 15 is 0 Å². The molecular weight excluding hydrogens is 506 g/mol. The second kappa shape index (κ2) is 13.5. The Balaban J connectivity index is 1.51. The quantitative estimate of drug-likeness (QED) is 0.337. The highest BCUT2D eigenvalue weighted by molar-refractivity contribution is 7.90. The molecule has 0 atom stereocenters. The highest BCUT2D eigenvalue weighted by Crippen LogP contribution is 2.13. The predicted molar refractivity (Wildman–Crippen MR) is 142 cm³/mol. The first kappa shape index (κ1) is 28.5. The number of pyridine rings is 1. The number of carbonyl (C=O) groups is 3. The second-order valence-corrected chi connectivity index (χ2v) is 10.8. The van der Waals surface area contributed by atoms with E-state index in [1.165, 1.54) is 24.3 Å². The SMILES string of the molecule is CC(C)CCC(=O)NCCc1ccc(S(=O)(=O)NC(=O)c2ccc(C(=O)OCc3ccccc3)nc2)cc1. The maximum absolute atomic E-state index is 12.7. The van der Waals surface area contributed by atoms with Crippen molar-refractivity contribution in [3.8, 4) is 0 Å². The van der Waals surface area contributed by atoms with Crippen molar-refractivity contribution in [3.63, 3.8) is 0 Å². The van der Waals surface area contributed by atoms with Crippen LogP contribution in [-0.4, -0.2) is 37.7 Å². The standard InChI is InChI=1S/C28H31N3O6S/c1-20(2)8-15-26(32)29-17-16-21-9-12-24(13-10-21)38(35,36)31-27(33)23-11-14-25(30-18-23)28(34)37-19-22-6-4-3-5-7-22/h3-7,9-14,18,20H,8,15-17,19H2,1-2H3,(H,29,32)(H,31,33). The third kappa shape index (κ3) is 8.81. The first-order valence-electron chi connectivity index (χ1n) is 12.2. The summed E-state index contributed by atoms with van der Waals surface area (Å²) in [6.07, 6.45) is 2.96. The zero-order chi connectivity index (χ0) is 27.5. The molecule has 2 N–H and O–H groups in total. The van der Waals surface area contributed by atoms with E-state index in [-0.39, 0.29) is 28.7 Å². The molecule has 200 valence electrons. The van der Waals surface area contributed by atoms with Crippen LogP contribution < -0.4 is 10.0 Å². The summed E-state index contributed by atoms with van der Waals surface area (Å²) in [6.45, 7) is 4.64. The van der Waals surface area contributed by atoms with E-state index in [1.807, 2.05) is 35.1 Å². The summed E-state index contributed by atoms with van der Waals surface area (Å²) in [5, 5.41) is 2.85. The normalized spacial score (nSPS) is 11.1. The molecule has 0 fully saturated rings. The average Bonchev–Trinajstić information content (AvgIpc) is 2.91. The molecule has 0 aliphatic carbocycles. The number of esters is 1. The number of hydrogen-bond acceptors (Lipinski definition) is 7. The number of hydrogen-bond donors (Lipinski definition) is 2. The van der Waals surface area contributed by atoms with Crippen molar-refractivity contribution in [2.24, 2.45) is 5.92 Å². The lowest BCUT2D eigenvalue weighted by molar-refractivity contribution is -0.121.